The molecule has 0 aromatic heterocycles. The molecule has 0 bridgehead atoms. The van der Waals surface area contributed by atoms with Gasteiger partial charge in [0.25, 0.3) is 0 Å². The van der Waals surface area contributed by atoms with Crippen LogP contribution in [-0.4, -0.2) is 19.6 Å². The lowest BCUT2D eigenvalue weighted by Gasteiger charge is -2.10. The van der Waals surface area contributed by atoms with Gasteiger partial charge in [0.1, 0.15) is 11.5 Å². The van der Waals surface area contributed by atoms with Crippen molar-refractivity contribution in [2.24, 2.45) is 0 Å². The molecule has 4 nitrogen and oxygen atoms in total. The van der Waals surface area contributed by atoms with E-state index in [0.29, 0.717) is 5.75 Å². The van der Waals surface area contributed by atoms with E-state index in [4.69, 9.17) is 4.74 Å². The molecule has 0 fully saturated rings. The topological polar surface area (TPSA) is 47.6 Å². The van der Waals surface area contributed by atoms with E-state index in [1.54, 1.807) is 49.6 Å². The molecular weight excluding hydrogens is 304 g/mol. The van der Waals surface area contributed by atoms with E-state index in [1.807, 2.05) is 0 Å². The number of amides is 1. The molecule has 1 N–H and O–H groups in total. The van der Waals surface area contributed by atoms with Crippen molar-refractivity contribution in [3.63, 3.8) is 0 Å². The Morgan fingerprint density at radius 1 is 1.17 bits per heavy atom. The van der Waals surface area contributed by atoms with Gasteiger partial charge in [0.05, 0.1) is 12.8 Å². The first-order chi connectivity index (χ1) is 11.1. The van der Waals surface area contributed by atoms with Crippen LogP contribution in [0.2, 0.25) is 0 Å². The fraction of sp³-hybridized carbons (Fsp3) is 0.118. The highest BCUT2D eigenvalue weighted by molar-refractivity contribution is 6.02. The predicted molar refractivity (Wildman–Crippen MR) is 83.7 cm³/mol. The maximum absolute atomic E-state index is 12.3. The zero-order valence-electron chi connectivity index (χ0n) is 12.3. The number of nitrogens with one attached hydrogen (secondary N) is 1. The minimum absolute atomic E-state index is 0.0920. The Morgan fingerprint density at radius 3 is 2.70 bits per heavy atom. The molecule has 2 aromatic rings. The number of carbonyl (C=O) groups excluding carboxylic acids is 1. The largest absolute Gasteiger partial charge is 0.497 e. The van der Waals surface area contributed by atoms with Gasteiger partial charge in [-0.15, -0.1) is 0 Å². The van der Waals surface area contributed by atoms with Crippen LogP contribution in [0.15, 0.2) is 54.6 Å². The number of hydrogen-bond donors (Lipinski definition) is 1. The first-order valence-corrected chi connectivity index (χ1v) is 6.75. The Bertz CT molecular complexity index is 702. The molecule has 23 heavy (non-hydrogen) atoms. The Balaban J connectivity index is 2.06. The molecule has 0 saturated heterocycles. The normalized spacial score (nSPS) is 10.8. The molecule has 1 amide bonds. The summed E-state index contributed by atoms with van der Waals surface area (Å²) in [6, 6.07) is 13.1. The lowest BCUT2D eigenvalue weighted by atomic mass is 10.2. The third-order valence-electron chi connectivity index (χ3n) is 2.88. The van der Waals surface area contributed by atoms with Gasteiger partial charge in [-0.1, -0.05) is 24.3 Å². The summed E-state index contributed by atoms with van der Waals surface area (Å²) in [5.41, 5.74) is 0.949. The number of methoxy groups -OCH3 is 1. The second-order valence-electron chi connectivity index (χ2n) is 4.47. The highest BCUT2D eigenvalue weighted by atomic mass is 19.3. The third kappa shape index (κ3) is 5.10. The van der Waals surface area contributed by atoms with Crippen molar-refractivity contribution in [2.45, 2.75) is 6.61 Å². The number of carbonyl (C=O) groups is 1. The molecule has 0 saturated carbocycles. The number of hydrogen-bond acceptors (Lipinski definition) is 3. The average molecular weight is 319 g/mol. The van der Waals surface area contributed by atoms with Gasteiger partial charge in [-0.25, -0.2) is 0 Å². The zero-order valence-corrected chi connectivity index (χ0v) is 12.3. The van der Waals surface area contributed by atoms with Gasteiger partial charge in [0, 0.05) is 6.08 Å². The van der Waals surface area contributed by atoms with E-state index in [-0.39, 0.29) is 11.4 Å². The molecule has 120 valence electrons. The Morgan fingerprint density at radius 2 is 1.96 bits per heavy atom. The van der Waals surface area contributed by atoms with Gasteiger partial charge in [-0.3, -0.25) is 4.79 Å². The average Bonchev–Trinajstić information content (AvgIpc) is 2.54. The molecule has 0 unspecified atom stereocenters. The fourth-order valence-corrected chi connectivity index (χ4v) is 1.86. The predicted octanol–water partition coefficient (Wildman–Crippen LogP) is 3.95. The van der Waals surface area contributed by atoms with Gasteiger partial charge >= 0.3 is 6.61 Å². The number of halogens is 2. The highest BCUT2D eigenvalue weighted by Crippen LogP contribution is 2.25. The summed E-state index contributed by atoms with van der Waals surface area (Å²) < 4.78 is 34.1. The Hall–Kier alpha value is -2.89. The first kappa shape index (κ1) is 16.5. The SMILES string of the molecule is COc1cccc(/C=C/C(=O)Nc2ccccc2OC(F)F)c1. The van der Waals surface area contributed by atoms with Crippen molar-refractivity contribution in [3.05, 3.63) is 60.2 Å². The molecule has 0 atom stereocenters. The summed E-state index contributed by atoms with van der Waals surface area (Å²) in [7, 11) is 1.55. The van der Waals surface area contributed by atoms with Crippen LogP contribution in [0.25, 0.3) is 6.08 Å². The summed E-state index contributed by atoms with van der Waals surface area (Å²) in [5, 5.41) is 2.50. The summed E-state index contributed by atoms with van der Waals surface area (Å²) >= 11 is 0. The van der Waals surface area contributed by atoms with Crippen LogP contribution in [0.5, 0.6) is 11.5 Å². The maximum Gasteiger partial charge on any atom is 0.387 e. The molecule has 2 aromatic carbocycles. The number of rotatable bonds is 6. The number of ether oxygens (including phenoxy) is 2. The summed E-state index contributed by atoms with van der Waals surface area (Å²) in [5.74, 6) is 0.118. The van der Waals surface area contributed by atoms with Crippen molar-refractivity contribution >= 4 is 17.7 Å². The van der Waals surface area contributed by atoms with Crippen LogP contribution in [0.4, 0.5) is 14.5 Å². The number of benzene rings is 2. The molecular formula is C17H15F2NO3. The third-order valence-corrected chi connectivity index (χ3v) is 2.88. The van der Waals surface area contributed by atoms with Gasteiger partial charge < -0.3 is 14.8 Å². The van der Waals surface area contributed by atoms with Crippen LogP contribution < -0.4 is 14.8 Å². The maximum atomic E-state index is 12.3. The van der Waals surface area contributed by atoms with Crippen molar-refractivity contribution < 1.29 is 23.0 Å². The standard InChI is InChI=1S/C17H15F2NO3/c1-22-13-6-4-5-12(11-13)9-10-16(21)20-14-7-2-3-8-15(14)23-17(18)19/h2-11,17H,1H3,(H,20,21)/b10-9+. The smallest absolute Gasteiger partial charge is 0.387 e. The van der Waals surface area contributed by atoms with Gasteiger partial charge in [0.15, 0.2) is 0 Å². The quantitative estimate of drug-likeness (QED) is 0.820. The molecule has 0 aliphatic rings. The lowest BCUT2D eigenvalue weighted by molar-refractivity contribution is -0.111. The van der Waals surface area contributed by atoms with Crippen LogP contribution in [0, 0.1) is 0 Å². The van der Waals surface area contributed by atoms with Crippen LogP contribution in [-0.2, 0) is 4.79 Å². The monoisotopic (exact) mass is 319 g/mol. The van der Waals surface area contributed by atoms with Crippen molar-refractivity contribution in [3.8, 4) is 11.5 Å². The molecule has 0 heterocycles. The molecule has 6 heteroatoms. The Labute approximate surface area is 132 Å². The molecule has 0 aliphatic heterocycles. The lowest BCUT2D eigenvalue weighted by Crippen LogP contribution is -2.11. The molecule has 0 spiro atoms. The van der Waals surface area contributed by atoms with Crippen LogP contribution in [0.1, 0.15) is 5.56 Å². The van der Waals surface area contributed by atoms with Gasteiger partial charge in [-0.2, -0.15) is 8.78 Å². The number of alkyl halides is 2. The molecule has 0 radical (unpaired) electrons. The second-order valence-corrected chi connectivity index (χ2v) is 4.47. The first-order valence-electron chi connectivity index (χ1n) is 6.75. The van der Waals surface area contributed by atoms with E-state index in [0.717, 1.165) is 5.56 Å². The van der Waals surface area contributed by atoms with E-state index in [9.17, 15) is 13.6 Å². The van der Waals surface area contributed by atoms with Crippen molar-refractivity contribution in [2.75, 3.05) is 12.4 Å². The Kier molecular flexibility index (Phi) is 5.68. The van der Waals surface area contributed by atoms with Crippen LogP contribution in [0.3, 0.4) is 0 Å². The van der Waals surface area contributed by atoms with Crippen molar-refractivity contribution in [1.82, 2.24) is 0 Å². The van der Waals surface area contributed by atoms with Crippen molar-refractivity contribution in [1.29, 1.82) is 0 Å². The summed E-state index contributed by atoms with van der Waals surface area (Å²) in [6.45, 7) is -2.96. The van der Waals surface area contributed by atoms with Gasteiger partial charge in [-0.05, 0) is 35.9 Å². The summed E-state index contributed by atoms with van der Waals surface area (Å²) in [6.07, 6.45) is 2.89. The van der Waals surface area contributed by atoms with E-state index < -0.39 is 12.5 Å². The number of para-hydroxylation sites is 2. The zero-order chi connectivity index (χ0) is 16.7. The number of anilines is 1. The highest BCUT2D eigenvalue weighted by Gasteiger charge is 2.10. The van der Waals surface area contributed by atoms with Gasteiger partial charge in [0.2, 0.25) is 5.91 Å². The molecule has 2 rings (SSSR count). The summed E-state index contributed by atoms with van der Waals surface area (Å²) in [4.78, 5) is 11.9. The van der Waals surface area contributed by atoms with Crippen LogP contribution >= 0.6 is 0 Å². The minimum atomic E-state index is -2.96. The van der Waals surface area contributed by atoms with E-state index in [1.165, 1.54) is 18.2 Å². The van der Waals surface area contributed by atoms with E-state index in [2.05, 4.69) is 10.1 Å². The fourth-order valence-electron chi connectivity index (χ4n) is 1.86. The second kappa shape index (κ2) is 7.93. The minimum Gasteiger partial charge on any atom is -0.497 e. The van der Waals surface area contributed by atoms with E-state index >= 15 is 0 Å². The molecule has 0 aliphatic carbocycles.